The van der Waals surface area contributed by atoms with Crippen LogP contribution in [0.5, 0.6) is 5.75 Å². The molecule has 5 heteroatoms. The first-order valence-corrected chi connectivity index (χ1v) is 6.09. The van der Waals surface area contributed by atoms with Gasteiger partial charge in [-0.05, 0) is 25.5 Å². The number of nitrogen functional groups attached to an aromatic ring is 1. The van der Waals surface area contributed by atoms with Gasteiger partial charge in [0.15, 0.2) is 11.4 Å². The monoisotopic (exact) mass is 259 g/mol. The second-order valence-electron chi connectivity index (χ2n) is 4.28. The van der Waals surface area contributed by atoms with E-state index < -0.39 is 0 Å². The second kappa shape index (κ2) is 5.14. The standard InChI is InChI=1S/C14H17N3O2/c1-4-17-13(12(19-3)8-16-17)14(18)10-6-5-9(2)11(15)7-10/h5-8H,4,15H2,1-3H3. The lowest BCUT2D eigenvalue weighted by atomic mass is 10.0. The molecule has 0 aliphatic heterocycles. The van der Waals surface area contributed by atoms with Crippen molar-refractivity contribution in [3.8, 4) is 5.75 Å². The molecule has 0 unspecified atom stereocenters. The van der Waals surface area contributed by atoms with E-state index in [0.29, 0.717) is 29.2 Å². The number of nitrogens with two attached hydrogens (primary N) is 1. The maximum Gasteiger partial charge on any atom is 0.214 e. The minimum atomic E-state index is -0.136. The van der Waals surface area contributed by atoms with Gasteiger partial charge in [0, 0.05) is 17.8 Å². The Morgan fingerprint density at radius 1 is 1.47 bits per heavy atom. The van der Waals surface area contributed by atoms with E-state index in [4.69, 9.17) is 10.5 Å². The summed E-state index contributed by atoms with van der Waals surface area (Å²) in [5.41, 5.74) is 8.39. The summed E-state index contributed by atoms with van der Waals surface area (Å²) in [5.74, 6) is 0.342. The fraction of sp³-hybridized carbons (Fsp3) is 0.286. The smallest absolute Gasteiger partial charge is 0.214 e. The van der Waals surface area contributed by atoms with Gasteiger partial charge in [0.1, 0.15) is 0 Å². The van der Waals surface area contributed by atoms with Crippen LogP contribution in [0.25, 0.3) is 0 Å². The van der Waals surface area contributed by atoms with E-state index in [1.165, 1.54) is 7.11 Å². The van der Waals surface area contributed by atoms with Gasteiger partial charge < -0.3 is 10.5 Å². The van der Waals surface area contributed by atoms with E-state index in [0.717, 1.165) is 5.56 Å². The van der Waals surface area contributed by atoms with Crippen LogP contribution >= 0.6 is 0 Å². The molecule has 1 heterocycles. The Labute approximate surface area is 112 Å². The fourth-order valence-corrected chi connectivity index (χ4v) is 1.90. The average Bonchev–Trinajstić information content (AvgIpc) is 2.83. The summed E-state index contributed by atoms with van der Waals surface area (Å²) >= 11 is 0. The van der Waals surface area contributed by atoms with Crippen LogP contribution in [0.2, 0.25) is 0 Å². The van der Waals surface area contributed by atoms with Crippen LogP contribution < -0.4 is 10.5 Å². The molecule has 5 nitrogen and oxygen atoms in total. The number of rotatable bonds is 4. The quantitative estimate of drug-likeness (QED) is 0.673. The number of hydrogen-bond acceptors (Lipinski definition) is 4. The van der Waals surface area contributed by atoms with Gasteiger partial charge in [0.05, 0.1) is 13.3 Å². The Hall–Kier alpha value is -2.30. The van der Waals surface area contributed by atoms with Crippen LogP contribution in [0, 0.1) is 6.92 Å². The number of hydrogen-bond donors (Lipinski definition) is 1. The Morgan fingerprint density at radius 2 is 2.21 bits per heavy atom. The van der Waals surface area contributed by atoms with Crippen molar-refractivity contribution in [3.05, 3.63) is 41.2 Å². The van der Waals surface area contributed by atoms with Crippen LogP contribution in [-0.4, -0.2) is 22.7 Å². The maximum absolute atomic E-state index is 12.5. The van der Waals surface area contributed by atoms with Crippen molar-refractivity contribution >= 4 is 11.5 Å². The lowest BCUT2D eigenvalue weighted by Crippen LogP contribution is -2.12. The van der Waals surface area contributed by atoms with Gasteiger partial charge in [-0.3, -0.25) is 9.48 Å². The Morgan fingerprint density at radius 3 is 2.79 bits per heavy atom. The molecule has 1 aromatic heterocycles. The van der Waals surface area contributed by atoms with Crippen molar-refractivity contribution in [1.82, 2.24) is 9.78 Å². The zero-order chi connectivity index (χ0) is 14.0. The van der Waals surface area contributed by atoms with E-state index in [1.54, 1.807) is 23.0 Å². The SMILES string of the molecule is CCn1ncc(OC)c1C(=O)c1ccc(C)c(N)c1. The fourth-order valence-electron chi connectivity index (χ4n) is 1.90. The molecule has 0 radical (unpaired) electrons. The Balaban J connectivity index is 2.49. The third-order valence-electron chi connectivity index (χ3n) is 3.08. The van der Waals surface area contributed by atoms with E-state index in [9.17, 15) is 4.79 Å². The normalized spacial score (nSPS) is 10.5. The number of aryl methyl sites for hydroxylation is 2. The molecule has 19 heavy (non-hydrogen) atoms. The van der Waals surface area contributed by atoms with Crippen molar-refractivity contribution in [2.75, 3.05) is 12.8 Å². The van der Waals surface area contributed by atoms with Crippen molar-refractivity contribution < 1.29 is 9.53 Å². The summed E-state index contributed by atoms with van der Waals surface area (Å²) in [4.78, 5) is 12.5. The first-order valence-electron chi connectivity index (χ1n) is 6.09. The number of carbonyl (C=O) groups is 1. The predicted octanol–water partition coefficient (Wildman–Crippen LogP) is 2.03. The minimum Gasteiger partial charge on any atom is -0.493 e. The molecular formula is C14H17N3O2. The summed E-state index contributed by atoms with van der Waals surface area (Å²) in [6.07, 6.45) is 1.55. The zero-order valence-electron chi connectivity index (χ0n) is 11.3. The molecular weight excluding hydrogens is 242 g/mol. The van der Waals surface area contributed by atoms with E-state index >= 15 is 0 Å². The van der Waals surface area contributed by atoms with Crippen LogP contribution in [0.1, 0.15) is 28.5 Å². The lowest BCUT2D eigenvalue weighted by Gasteiger charge is -2.08. The molecule has 0 fully saturated rings. The topological polar surface area (TPSA) is 70.1 Å². The van der Waals surface area contributed by atoms with Gasteiger partial charge >= 0.3 is 0 Å². The molecule has 1 aromatic carbocycles. The number of ether oxygens (including phenoxy) is 1. The Kier molecular flexibility index (Phi) is 3.55. The predicted molar refractivity (Wildman–Crippen MR) is 73.5 cm³/mol. The van der Waals surface area contributed by atoms with Gasteiger partial charge in [-0.1, -0.05) is 12.1 Å². The highest BCUT2D eigenvalue weighted by molar-refractivity contribution is 6.10. The van der Waals surface area contributed by atoms with Crippen molar-refractivity contribution in [3.63, 3.8) is 0 Å². The first-order chi connectivity index (χ1) is 9.08. The Bertz CT molecular complexity index is 596. The zero-order valence-corrected chi connectivity index (χ0v) is 11.3. The van der Waals surface area contributed by atoms with Crippen LogP contribution in [0.3, 0.4) is 0 Å². The summed E-state index contributed by atoms with van der Waals surface area (Å²) in [6, 6.07) is 5.28. The number of anilines is 1. The number of carbonyl (C=O) groups excluding carboxylic acids is 1. The van der Waals surface area contributed by atoms with Crippen LogP contribution in [-0.2, 0) is 6.54 Å². The largest absolute Gasteiger partial charge is 0.493 e. The molecule has 0 spiro atoms. The van der Waals surface area contributed by atoms with Gasteiger partial charge in [-0.15, -0.1) is 0 Å². The minimum absolute atomic E-state index is 0.136. The van der Waals surface area contributed by atoms with Crippen molar-refractivity contribution in [1.29, 1.82) is 0 Å². The van der Waals surface area contributed by atoms with E-state index in [1.807, 2.05) is 19.9 Å². The first kappa shape index (κ1) is 13.1. The van der Waals surface area contributed by atoms with E-state index in [2.05, 4.69) is 5.10 Å². The van der Waals surface area contributed by atoms with E-state index in [-0.39, 0.29) is 5.78 Å². The highest BCUT2D eigenvalue weighted by atomic mass is 16.5. The molecule has 100 valence electrons. The molecule has 0 aliphatic rings. The highest BCUT2D eigenvalue weighted by Crippen LogP contribution is 2.23. The molecule has 0 saturated heterocycles. The van der Waals surface area contributed by atoms with Gasteiger partial charge in [0.25, 0.3) is 0 Å². The molecule has 2 N–H and O–H groups in total. The number of benzene rings is 1. The number of aromatic nitrogens is 2. The van der Waals surface area contributed by atoms with Crippen molar-refractivity contribution in [2.45, 2.75) is 20.4 Å². The average molecular weight is 259 g/mol. The highest BCUT2D eigenvalue weighted by Gasteiger charge is 2.20. The summed E-state index contributed by atoms with van der Waals surface area (Å²) in [5, 5.41) is 4.13. The number of nitrogens with zero attached hydrogens (tertiary/aromatic N) is 2. The molecule has 0 saturated carbocycles. The maximum atomic E-state index is 12.5. The second-order valence-corrected chi connectivity index (χ2v) is 4.28. The molecule has 2 aromatic rings. The molecule has 2 rings (SSSR count). The molecule has 0 aliphatic carbocycles. The molecule has 0 bridgehead atoms. The van der Waals surface area contributed by atoms with Crippen LogP contribution in [0.4, 0.5) is 5.69 Å². The lowest BCUT2D eigenvalue weighted by molar-refractivity contribution is 0.102. The van der Waals surface area contributed by atoms with Crippen molar-refractivity contribution in [2.24, 2.45) is 0 Å². The van der Waals surface area contributed by atoms with Crippen LogP contribution in [0.15, 0.2) is 24.4 Å². The molecule has 0 atom stereocenters. The summed E-state index contributed by atoms with van der Waals surface area (Å²) in [7, 11) is 1.53. The third kappa shape index (κ3) is 2.31. The third-order valence-corrected chi connectivity index (χ3v) is 3.08. The summed E-state index contributed by atoms with van der Waals surface area (Å²) < 4.78 is 6.81. The number of ketones is 1. The molecule has 0 amide bonds. The van der Waals surface area contributed by atoms with Gasteiger partial charge in [0.2, 0.25) is 5.78 Å². The van der Waals surface area contributed by atoms with Gasteiger partial charge in [-0.25, -0.2) is 0 Å². The summed E-state index contributed by atoms with van der Waals surface area (Å²) in [6.45, 7) is 4.43. The van der Waals surface area contributed by atoms with Gasteiger partial charge in [-0.2, -0.15) is 5.10 Å². The number of methoxy groups -OCH3 is 1.